The van der Waals surface area contributed by atoms with Gasteiger partial charge in [-0.3, -0.25) is 9.58 Å². The molecule has 1 aliphatic rings. The Labute approximate surface area is 85.5 Å². The van der Waals surface area contributed by atoms with Gasteiger partial charge in [0.1, 0.15) is 0 Å². The highest BCUT2D eigenvalue weighted by Crippen LogP contribution is 2.35. The Hall–Kier alpha value is -1.04. The molecule has 0 N–H and O–H groups in total. The van der Waals surface area contributed by atoms with Crippen molar-refractivity contribution in [1.82, 2.24) is 14.7 Å². The summed E-state index contributed by atoms with van der Waals surface area (Å²) in [5, 5.41) is 3.62. The third kappa shape index (κ3) is 1.62. The van der Waals surface area contributed by atoms with Crippen molar-refractivity contribution in [3.05, 3.63) is 17.0 Å². The summed E-state index contributed by atoms with van der Waals surface area (Å²) < 4.78 is 39.3. The van der Waals surface area contributed by atoms with Crippen molar-refractivity contribution in [3.8, 4) is 0 Å². The molecule has 0 aliphatic carbocycles. The zero-order valence-corrected chi connectivity index (χ0v) is 8.60. The van der Waals surface area contributed by atoms with Crippen LogP contribution in [0.4, 0.5) is 13.2 Å². The molecule has 2 rings (SSSR count). The average molecular weight is 219 g/mol. The Balaban J connectivity index is 2.51. The molecule has 0 spiro atoms. The van der Waals surface area contributed by atoms with Gasteiger partial charge in [-0.05, 0) is 14.0 Å². The maximum absolute atomic E-state index is 12.6. The van der Waals surface area contributed by atoms with Gasteiger partial charge in [0.25, 0.3) is 0 Å². The first-order valence-electron chi connectivity index (χ1n) is 4.77. The van der Waals surface area contributed by atoms with Crippen LogP contribution < -0.4 is 0 Å². The number of hydrogen-bond acceptors (Lipinski definition) is 2. The fourth-order valence-corrected chi connectivity index (χ4v) is 1.95. The van der Waals surface area contributed by atoms with Crippen LogP contribution in [0.1, 0.15) is 23.9 Å². The van der Waals surface area contributed by atoms with Crippen LogP contribution in [0.2, 0.25) is 0 Å². The number of aromatic nitrogens is 2. The molecule has 0 aromatic carbocycles. The van der Waals surface area contributed by atoms with Gasteiger partial charge in [0.15, 0.2) is 5.69 Å². The molecule has 0 radical (unpaired) electrons. The topological polar surface area (TPSA) is 21.1 Å². The smallest absolute Gasteiger partial charge is 0.296 e. The van der Waals surface area contributed by atoms with E-state index in [-0.39, 0.29) is 0 Å². The van der Waals surface area contributed by atoms with E-state index in [4.69, 9.17) is 0 Å². The van der Waals surface area contributed by atoms with E-state index in [1.165, 1.54) is 4.68 Å². The number of aryl methyl sites for hydroxylation is 1. The minimum absolute atomic E-state index is 0.337. The molecule has 3 nitrogen and oxygen atoms in total. The second-order valence-corrected chi connectivity index (χ2v) is 3.76. The Kier molecular flexibility index (Phi) is 2.26. The zero-order chi connectivity index (χ0) is 11.2. The molecule has 0 atom stereocenters. The van der Waals surface area contributed by atoms with E-state index in [9.17, 15) is 13.2 Å². The fourth-order valence-electron chi connectivity index (χ4n) is 1.95. The van der Waals surface area contributed by atoms with Gasteiger partial charge in [-0.15, -0.1) is 0 Å². The zero-order valence-electron chi connectivity index (χ0n) is 8.60. The lowest BCUT2D eigenvalue weighted by atomic mass is 10.2. The van der Waals surface area contributed by atoms with Gasteiger partial charge in [0.05, 0.1) is 5.69 Å². The molecule has 0 amide bonds. The molecular weight excluding hydrogens is 207 g/mol. The van der Waals surface area contributed by atoms with Crippen molar-refractivity contribution in [3.63, 3.8) is 0 Å². The largest absolute Gasteiger partial charge is 0.435 e. The van der Waals surface area contributed by atoms with E-state index in [0.717, 1.165) is 0 Å². The van der Waals surface area contributed by atoms with E-state index in [0.29, 0.717) is 30.9 Å². The van der Waals surface area contributed by atoms with Crippen LogP contribution in [-0.2, 0) is 25.8 Å². The molecule has 0 fully saturated rings. The monoisotopic (exact) mass is 219 g/mol. The van der Waals surface area contributed by atoms with E-state index in [1.54, 1.807) is 14.0 Å². The Morgan fingerprint density at radius 2 is 2.00 bits per heavy atom. The van der Waals surface area contributed by atoms with Crippen LogP contribution in [0.15, 0.2) is 0 Å². The maximum Gasteiger partial charge on any atom is 0.435 e. The number of rotatable bonds is 1. The summed E-state index contributed by atoms with van der Waals surface area (Å²) in [7, 11) is 1.81. The highest BCUT2D eigenvalue weighted by Gasteiger charge is 2.40. The molecule has 0 unspecified atom stereocenters. The van der Waals surface area contributed by atoms with Crippen LogP contribution in [0.25, 0.3) is 0 Å². The summed E-state index contributed by atoms with van der Waals surface area (Å²) >= 11 is 0. The van der Waals surface area contributed by atoms with Gasteiger partial charge in [-0.2, -0.15) is 18.3 Å². The molecule has 6 heteroatoms. The summed E-state index contributed by atoms with van der Waals surface area (Å²) in [5.41, 5.74) is 0.322. The molecule has 1 aromatic heterocycles. The van der Waals surface area contributed by atoms with Gasteiger partial charge in [-0.25, -0.2) is 0 Å². The number of halogens is 3. The summed E-state index contributed by atoms with van der Waals surface area (Å²) in [5.74, 6) is 0. The third-order valence-electron chi connectivity index (χ3n) is 2.58. The Morgan fingerprint density at radius 1 is 1.33 bits per heavy atom. The summed E-state index contributed by atoms with van der Waals surface area (Å²) in [6.07, 6.45) is -4.34. The van der Waals surface area contributed by atoms with Crippen LogP contribution >= 0.6 is 0 Å². The van der Waals surface area contributed by atoms with Gasteiger partial charge in [-0.1, -0.05) is 0 Å². The lowest BCUT2D eigenvalue weighted by molar-refractivity contribution is -0.142. The predicted octanol–water partition coefficient (Wildman–Crippen LogP) is 1.87. The molecule has 15 heavy (non-hydrogen) atoms. The lowest BCUT2D eigenvalue weighted by Crippen LogP contribution is -2.15. The van der Waals surface area contributed by atoms with Crippen molar-refractivity contribution in [2.45, 2.75) is 32.7 Å². The number of hydrogen-bond donors (Lipinski definition) is 0. The van der Waals surface area contributed by atoms with Gasteiger partial charge < -0.3 is 0 Å². The van der Waals surface area contributed by atoms with E-state index in [2.05, 4.69) is 5.10 Å². The van der Waals surface area contributed by atoms with Crippen molar-refractivity contribution in [2.24, 2.45) is 0 Å². The predicted molar refractivity (Wildman–Crippen MR) is 48.1 cm³/mol. The van der Waals surface area contributed by atoms with Gasteiger partial charge >= 0.3 is 6.18 Å². The molecule has 0 bridgehead atoms. The first-order valence-corrected chi connectivity index (χ1v) is 4.77. The lowest BCUT2D eigenvalue weighted by Gasteiger charge is -2.09. The average Bonchev–Trinajstić information content (AvgIpc) is 2.59. The van der Waals surface area contributed by atoms with Crippen molar-refractivity contribution >= 4 is 0 Å². The van der Waals surface area contributed by atoms with Crippen molar-refractivity contribution in [1.29, 1.82) is 0 Å². The molecule has 2 heterocycles. The van der Waals surface area contributed by atoms with Crippen LogP contribution in [-0.4, -0.2) is 21.7 Å². The van der Waals surface area contributed by atoms with Crippen molar-refractivity contribution < 1.29 is 13.2 Å². The highest BCUT2D eigenvalue weighted by atomic mass is 19.4. The normalized spacial score (nSPS) is 17.1. The summed E-state index contributed by atoms with van der Waals surface area (Å²) in [6.45, 7) is 3.16. The summed E-state index contributed by atoms with van der Waals surface area (Å²) in [6, 6.07) is 0. The van der Waals surface area contributed by atoms with E-state index >= 15 is 0 Å². The fraction of sp³-hybridized carbons (Fsp3) is 0.667. The van der Waals surface area contributed by atoms with Crippen LogP contribution in [0.3, 0.4) is 0 Å². The minimum atomic E-state index is -4.34. The SMILES string of the molecule is CCn1nc(C(F)(F)F)c2c1CN(C)C2. The van der Waals surface area contributed by atoms with Crippen LogP contribution in [0, 0.1) is 0 Å². The maximum atomic E-state index is 12.6. The van der Waals surface area contributed by atoms with E-state index in [1.807, 2.05) is 4.90 Å². The van der Waals surface area contributed by atoms with Gasteiger partial charge in [0.2, 0.25) is 0 Å². The molecule has 1 aromatic rings. The number of nitrogens with zero attached hydrogens (tertiary/aromatic N) is 3. The van der Waals surface area contributed by atoms with Crippen LogP contribution in [0.5, 0.6) is 0 Å². The summed E-state index contributed by atoms with van der Waals surface area (Å²) in [4.78, 5) is 1.85. The van der Waals surface area contributed by atoms with E-state index < -0.39 is 11.9 Å². The van der Waals surface area contributed by atoms with Crippen molar-refractivity contribution in [2.75, 3.05) is 7.05 Å². The standard InChI is InChI=1S/C9H12F3N3/c1-3-15-7-5-14(2)4-6(7)8(13-15)9(10,11)12/h3-5H2,1-2H3. The second-order valence-electron chi connectivity index (χ2n) is 3.76. The number of alkyl halides is 3. The van der Waals surface area contributed by atoms with Gasteiger partial charge in [0, 0.05) is 25.2 Å². The first-order chi connectivity index (χ1) is 6.93. The Bertz CT molecular complexity index is 381. The third-order valence-corrected chi connectivity index (χ3v) is 2.58. The highest BCUT2D eigenvalue weighted by molar-refractivity contribution is 5.31. The minimum Gasteiger partial charge on any atom is -0.296 e. The molecule has 0 saturated carbocycles. The second kappa shape index (κ2) is 3.23. The first kappa shape index (κ1) is 10.5. The molecule has 84 valence electrons. The molecule has 0 saturated heterocycles. The number of fused-ring (bicyclic) bond motifs is 1. The Morgan fingerprint density at radius 3 is 2.53 bits per heavy atom. The molecule has 1 aliphatic heterocycles. The molecular formula is C9H12F3N3. The quantitative estimate of drug-likeness (QED) is 0.719.